The molecule has 4 N–H and O–H groups in total. The minimum absolute atomic E-state index is 0.0858. The van der Waals surface area contributed by atoms with E-state index in [1.165, 1.54) is 12.1 Å². The predicted octanol–water partition coefficient (Wildman–Crippen LogP) is 2.28. The van der Waals surface area contributed by atoms with Crippen molar-refractivity contribution in [1.82, 2.24) is 15.3 Å². The summed E-state index contributed by atoms with van der Waals surface area (Å²) in [7, 11) is 0. The van der Waals surface area contributed by atoms with Crippen molar-refractivity contribution in [2.75, 3.05) is 0 Å². The van der Waals surface area contributed by atoms with E-state index in [2.05, 4.69) is 15.3 Å². The number of aromatic hydroxyl groups is 1. The number of nitrogens with zero attached hydrogens (tertiary/aromatic N) is 1. The van der Waals surface area contributed by atoms with Crippen LogP contribution in [0.2, 0.25) is 0 Å². The van der Waals surface area contributed by atoms with Gasteiger partial charge in [-0.15, -0.1) is 0 Å². The zero-order valence-corrected chi connectivity index (χ0v) is 13.0. The number of H-pyrrole nitrogens is 1. The molecule has 2 rings (SSSR count). The number of halogens is 1. The molecule has 1 unspecified atom stereocenters. The van der Waals surface area contributed by atoms with Crippen LogP contribution in [-0.4, -0.2) is 26.2 Å². The molecular weight excluding hydrogens is 285 g/mol. The lowest BCUT2D eigenvalue weighted by molar-refractivity contribution is -0.0538. The standard InChI is InChI=1S/C16H22FN3O2/c1-10(2)16(22,14-5-4-12(17)7-15(14)21)20-11(3)6-13-8-18-9-19-13/h4-5,7-11,20-22H,6H2,1-3H3,(H,18,19)/t11-,16?/m1/s1. The molecule has 0 saturated heterocycles. The maximum absolute atomic E-state index is 13.2. The summed E-state index contributed by atoms with van der Waals surface area (Å²) in [4.78, 5) is 6.97. The molecule has 0 amide bonds. The van der Waals surface area contributed by atoms with E-state index in [1.807, 2.05) is 20.8 Å². The van der Waals surface area contributed by atoms with Gasteiger partial charge in [-0.05, 0) is 19.1 Å². The Bertz CT molecular complexity index is 616. The largest absolute Gasteiger partial charge is 0.507 e. The van der Waals surface area contributed by atoms with Gasteiger partial charge in [0.15, 0.2) is 0 Å². The first-order valence-corrected chi connectivity index (χ1v) is 7.29. The number of aromatic nitrogens is 2. The molecule has 0 bridgehead atoms. The van der Waals surface area contributed by atoms with Crippen LogP contribution in [0.4, 0.5) is 4.39 Å². The quantitative estimate of drug-likeness (QED) is 0.617. The first-order valence-electron chi connectivity index (χ1n) is 7.29. The summed E-state index contributed by atoms with van der Waals surface area (Å²) in [5.74, 6) is -1.04. The number of rotatable bonds is 6. The average Bonchev–Trinajstić information content (AvgIpc) is 2.90. The molecule has 1 heterocycles. The van der Waals surface area contributed by atoms with E-state index in [0.29, 0.717) is 6.42 Å². The van der Waals surface area contributed by atoms with E-state index in [0.717, 1.165) is 11.8 Å². The maximum atomic E-state index is 13.2. The molecule has 120 valence electrons. The van der Waals surface area contributed by atoms with Gasteiger partial charge in [-0.25, -0.2) is 9.37 Å². The Balaban J connectivity index is 2.24. The lowest BCUT2D eigenvalue weighted by Crippen LogP contribution is -2.51. The molecule has 22 heavy (non-hydrogen) atoms. The lowest BCUT2D eigenvalue weighted by Gasteiger charge is -2.36. The Hall–Kier alpha value is -1.92. The van der Waals surface area contributed by atoms with Crippen LogP contribution in [0, 0.1) is 11.7 Å². The predicted molar refractivity (Wildman–Crippen MR) is 81.7 cm³/mol. The maximum Gasteiger partial charge on any atom is 0.148 e. The monoisotopic (exact) mass is 307 g/mol. The average molecular weight is 307 g/mol. The van der Waals surface area contributed by atoms with E-state index >= 15 is 0 Å². The minimum atomic E-state index is -1.46. The Kier molecular flexibility index (Phi) is 4.83. The van der Waals surface area contributed by atoms with Gasteiger partial charge in [0.25, 0.3) is 0 Å². The highest BCUT2D eigenvalue weighted by molar-refractivity contribution is 5.37. The second-order valence-corrected chi connectivity index (χ2v) is 5.91. The molecule has 0 aliphatic heterocycles. The number of hydrogen-bond acceptors (Lipinski definition) is 4. The van der Waals surface area contributed by atoms with Crippen LogP contribution in [0.15, 0.2) is 30.7 Å². The highest BCUT2D eigenvalue weighted by Gasteiger charge is 2.36. The van der Waals surface area contributed by atoms with Crippen LogP contribution >= 0.6 is 0 Å². The molecule has 0 fully saturated rings. The lowest BCUT2D eigenvalue weighted by atomic mass is 9.89. The number of hydrogen-bond donors (Lipinski definition) is 4. The van der Waals surface area contributed by atoms with Gasteiger partial charge in [-0.1, -0.05) is 13.8 Å². The van der Waals surface area contributed by atoms with E-state index in [9.17, 15) is 14.6 Å². The summed E-state index contributed by atoms with van der Waals surface area (Å²) >= 11 is 0. The van der Waals surface area contributed by atoms with E-state index < -0.39 is 11.5 Å². The van der Waals surface area contributed by atoms with Crippen LogP contribution in [0.5, 0.6) is 5.75 Å². The van der Waals surface area contributed by atoms with Gasteiger partial charge in [-0.2, -0.15) is 0 Å². The van der Waals surface area contributed by atoms with Crippen molar-refractivity contribution in [1.29, 1.82) is 0 Å². The first-order chi connectivity index (χ1) is 10.3. The number of imidazole rings is 1. The number of aromatic amines is 1. The molecule has 1 aromatic heterocycles. The molecule has 2 aromatic rings. The fourth-order valence-electron chi connectivity index (χ4n) is 2.54. The van der Waals surface area contributed by atoms with E-state index in [-0.39, 0.29) is 23.3 Å². The minimum Gasteiger partial charge on any atom is -0.507 e. The fraction of sp³-hybridized carbons (Fsp3) is 0.438. The number of phenolic OH excluding ortho intramolecular Hbond substituents is 1. The topological polar surface area (TPSA) is 81.2 Å². The van der Waals surface area contributed by atoms with Crippen molar-refractivity contribution in [3.63, 3.8) is 0 Å². The molecule has 0 spiro atoms. The Morgan fingerprint density at radius 3 is 2.64 bits per heavy atom. The van der Waals surface area contributed by atoms with Gasteiger partial charge in [0.1, 0.15) is 17.3 Å². The third-order valence-corrected chi connectivity index (χ3v) is 3.75. The van der Waals surface area contributed by atoms with Crippen molar-refractivity contribution in [3.8, 4) is 5.75 Å². The molecule has 2 atom stereocenters. The second kappa shape index (κ2) is 6.46. The molecular formula is C16H22FN3O2. The highest BCUT2D eigenvalue weighted by atomic mass is 19.1. The summed E-state index contributed by atoms with van der Waals surface area (Å²) in [5, 5.41) is 24.1. The van der Waals surface area contributed by atoms with Crippen molar-refractivity contribution < 1.29 is 14.6 Å². The number of benzene rings is 1. The summed E-state index contributed by atoms with van der Waals surface area (Å²) < 4.78 is 13.2. The molecule has 5 nitrogen and oxygen atoms in total. The van der Waals surface area contributed by atoms with Crippen LogP contribution in [-0.2, 0) is 12.1 Å². The molecule has 0 radical (unpaired) electrons. The summed E-state index contributed by atoms with van der Waals surface area (Å²) in [6.45, 7) is 5.59. The zero-order chi connectivity index (χ0) is 16.3. The third kappa shape index (κ3) is 3.45. The summed E-state index contributed by atoms with van der Waals surface area (Å²) in [5.41, 5.74) is -0.258. The van der Waals surface area contributed by atoms with Crippen LogP contribution in [0.25, 0.3) is 0 Å². The summed E-state index contributed by atoms with van der Waals surface area (Å²) in [6.07, 6.45) is 3.96. The number of aliphatic hydroxyl groups is 1. The van der Waals surface area contributed by atoms with Crippen LogP contribution in [0.3, 0.4) is 0 Å². The van der Waals surface area contributed by atoms with Gasteiger partial charge >= 0.3 is 0 Å². The highest BCUT2D eigenvalue weighted by Crippen LogP contribution is 2.34. The number of nitrogens with one attached hydrogen (secondary N) is 2. The van der Waals surface area contributed by atoms with Crippen LogP contribution in [0.1, 0.15) is 32.0 Å². The van der Waals surface area contributed by atoms with Crippen molar-refractivity contribution >= 4 is 0 Å². The SMILES string of the molecule is CC(C)C(O)(N[C@H](C)Cc1cnc[nH]1)c1ccc(F)cc1O. The van der Waals surface area contributed by atoms with Gasteiger partial charge < -0.3 is 15.2 Å². The van der Waals surface area contributed by atoms with Gasteiger partial charge in [-0.3, -0.25) is 5.32 Å². The van der Waals surface area contributed by atoms with Crippen molar-refractivity contribution in [2.24, 2.45) is 5.92 Å². The van der Waals surface area contributed by atoms with E-state index in [4.69, 9.17) is 0 Å². The second-order valence-electron chi connectivity index (χ2n) is 5.91. The van der Waals surface area contributed by atoms with E-state index in [1.54, 1.807) is 12.5 Å². The van der Waals surface area contributed by atoms with Crippen molar-refractivity contribution in [3.05, 3.63) is 47.8 Å². The molecule has 6 heteroatoms. The Morgan fingerprint density at radius 2 is 2.09 bits per heavy atom. The van der Waals surface area contributed by atoms with Crippen molar-refractivity contribution in [2.45, 2.75) is 39.0 Å². The number of phenols is 1. The molecule has 1 aromatic carbocycles. The Labute approximate surface area is 129 Å². The fourth-order valence-corrected chi connectivity index (χ4v) is 2.54. The molecule has 0 aliphatic rings. The normalized spacial score (nSPS) is 15.7. The smallest absolute Gasteiger partial charge is 0.148 e. The summed E-state index contributed by atoms with van der Waals surface area (Å²) in [6, 6.07) is 3.55. The molecule has 0 saturated carbocycles. The Morgan fingerprint density at radius 1 is 1.36 bits per heavy atom. The zero-order valence-electron chi connectivity index (χ0n) is 13.0. The van der Waals surface area contributed by atoms with Gasteiger partial charge in [0.05, 0.1) is 6.33 Å². The van der Waals surface area contributed by atoms with Crippen LogP contribution < -0.4 is 5.32 Å². The van der Waals surface area contributed by atoms with Gasteiger partial charge in [0.2, 0.25) is 0 Å². The first kappa shape index (κ1) is 16.5. The molecule has 0 aliphatic carbocycles. The third-order valence-electron chi connectivity index (χ3n) is 3.75. The van der Waals surface area contributed by atoms with Gasteiger partial charge in [0, 0.05) is 41.9 Å².